The molecular formula is C12H22ClNO. The average molecular weight is 232 g/mol. The molecule has 0 spiro atoms. The topological polar surface area (TPSA) is 29.1 Å². The van der Waals surface area contributed by atoms with Gasteiger partial charge in [0.05, 0.1) is 0 Å². The molecule has 0 aromatic carbocycles. The third kappa shape index (κ3) is 4.87. The van der Waals surface area contributed by atoms with Crippen molar-refractivity contribution in [3.63, 3.8) is 0 Å². The van der Waals surface area contributed by atoms with E-state index in [0.717, 1.165) is 0 Å². The van der Waals surface area contributed by atoms with E-state index in [4.69, 9.17) is 11.6 Å². The minimum atomic E-state index is 0.0988. The Morgan fingerprint density at radius 2 is 1.93 bits per heavy atom. The highest BCUT2D eigenvalue weighted by Gasteiger charge is 2.19. The van der Waals surface area contributed by atoms with Crippen LogP contribution in [0.4, 0.5) is 0 Å². The molecule has 0 unspecified atom stereocenters. The largest absolute Gasteiger partial charge is 0.353 e. The number of nitrogens with one attached hydrogen (secondary N) is 1. The van der Waals surface area contributed by atoms with Gasteiger partial charge in [0, 0.05) is 18.3 Å². The van der Waals surface area contributed by atoms with Gasteiger partial charge in [-0.05, 0) is 25.7 Å². The summed E-state index contributed by atoms with van der Waals surface area (Å²) >= 11 is 5.53. The van der Waals surface area contributed by atoms with Crippen LogP contribution in [0, 0.1) is 5.92 Å². The van der Waals surface area contributed by atoms with Gasteiger partial charge in [-0.2, -0.15) is 0 Å². The molecule has 0 heterocycles. The summed E-state index contributed by atoms with van der Waals surface area (Å²) in [6.45, 7) is 2.13. The number of halogens is 1. The Labute approximate surface area is 97.8 Å². The molecule has 1 saturated carbocycles. The molecule has 1 atom stereocenters. The molecule has 0 aliphatic heterocycles. The lowest BCUT2D eigenvalue weighted by Crippen LogP contribution is -2.38. The van der Waals surface area contributed by atoms with Crippen molar-refractivity contribution in [1.82, 2.24) is 5.32 Å². The van der Waals surface area contributed by atoms with Crippen molar-refractivity contribution >= 4 is 17.5 Å². The maximum absolute atomic E-state index is 11.4. The number of hydrogen-bond acceptors (Lipinski definition) is 1. The predicted molar refractivity (Wildman–Crippen MR) is 64.1 cm³/mol. The lowest BCUT2D eigenvalue weighted by molar-refractivity contribution is -0.121. The summed E-state index contributed by atoms with van der Waals surface area (Å²) in [5, 5.41) is 3.05. The van der Waals surface area contributed by atoms with Crippen molar-refractivity contribution in [2.24, 2.45) is 5.92 Å². The summed E-state index contributed by atoms with van der Waals surface area (Å²) in [6.07, 6.45) is 8.34. The van der Waals surface area contributed by atoms with E-state index in [-0.39, 0.29) is 5.91 Å². The van der Waals surface area contributed by atoms with Crippen molar-refractivity contribution in [3.05, 3.63) is 0 Å². The third-order valence-corrected chi connectivity index (χ3v) is 3.51. The Morgan fingerprint density at radius 1 is 1.33 bits per heavy atom. The van der Waals surface area contributed by atoms with Crippen LogP contribution in [-0.4, -0.2) is 17.8 Å². The van der Waals surface area contributed by atoms with Crippen molar-refractivity contribution in [2.45, 2.75) is 57.9 Å². The third-order valence-electron chi connectivity index (χ3n) is 3.32. The first kappa shape index (κ1) is 12.8. The van der Waals surface area contributed by atoms with Crippen molar-refractivity contribution in [3.8, 4) is 0 Å². The number of hydrogen-bond donors (Lipinski definition) is 1. The number of amides is 1. The molecule has 0 aromatic rings. The van der Waals surface area contributed by atoms with Crippen molar-refractivity contribution in [1.29, 1.82) is 0 Å². The van der Waals surface area contributed by atoms with Crippen LogP contribution < -0.4 is 5.32 Å². The molecule has 1 fully saturated rings. The van der Waals surface area contributed by atoms with E-state index in [2.05, 4.69) is 12.2 Å². The average Bonchev–Trinajstić information content (AvgIpc) is 2.45. The lowest BCUT2D eigenvalue weighted by Gasteiger charge is -2.23. The molecule has 1 N–H and O–H groups in total. The van der Waals surface area contributed by atoms with Gasteiger partial charge in [0.2, 0.25) is 5.91 Å². The first-order valence-electron chi connectivity index (χ1n) is 6.09. The van der Waals surface area contributed by atoms with Gasteiger partial charge in [-0.1, -0.05) is 25.7 Å². The minimum absolute atomic E-state index is 0.0988. The maximum atomic E-state index is 11.4. The van der Waals surface area contributed by atoms with Gasteiger partial charge < -0.3 is 5.32 Å². The van der Waals surface area contributed by atoms with Gasteiger partial charge in [-0.15, -0.1) is 11.6 Å². The molecule has 1 aliphatic rings. The summed E-state index contributed by atoms with van der Waals surface area (Å²) < 4.78 is 0. The summed E-state index contributed by atoms with van der Waals surface area (Å²) in [7, 11) is 0. The van der Waals surface area contributed by atoms with Crippen LogP contribution in [-0.2, 0) is 4.79 Å². The maximum Gasteiger partial charge on any atom is 0.221 e. The SMILES string of the molecule is C[C@@H](NC(=O)CCCl)C1CCCCCC1. The van der Waals surface area contributed by atoms with Gasteiger partial charge in [0.1, 0.15) is 0 Å². The highest BCUT2D eigenvalue weighted by Crippen LogP contribution is 2.25. The summed E-state index contributed by atoms with van der Waals surface area (Å²) in [5.74, 6) is 1.19. The van der Waals surface area contributed by atoms with E-state index in [9.17, 15) is 4.79 Å². The second kappa shape index (κ2) is 7.10. The van der Waals surface area contributed by atoms with Crippen LogP contribution in [0.3, 0.4) is 0 Å². The molecule has 1 amide bonds. The second-order valence-corrected chi connectivity index (χ2v) is 4.92. The molecule has 0 aromatic heterocycles. The fraction of sp³-hybridized carbons (Fsp3) is 0.917. The highest BCUT2D eigenvalue weighted by molar-refractivity contribution is 6.18. The zero-order valence-electron chi connectivity index (χ0n) is 9.60. The zero-order valence-corrected chi connectivity index (χ0v) is 10.4. The van der Waals surface area contributed by atoms with Crippen molar-refractivity contribution in [2.75, 3.05) is 5.88 Å². The standard InChI is InChI=1S/C12H22ClNO/c1-10(14-12(15)8-9-13)11-6-4-2-3-5-7-11/h10-11H,2-9H2,1H3,(H,14,15)/t10-/m1/s1. The van der Waals surface area contributed by atoms with E-state index in [1.807, 2.05) is 0 Å². The van der Waals surface area contributed by atoms with Gasteiger partial charge in [0.25, 0.3) is 0 Å². The van der Waals surface area contributed by atoms with E-state index in [1.165, 1.54) is 38.5 Å². The summed E-state index contributed by atoms with van der Waals surface area (Å²) in [6, 6.07) is 0.318. The monoisotopic (exact) mass is 231 g/mol. The molecule has 1 rings (SSSR count). The molecular weight excluding hydrogens is 210 g/mol. The van der Waals surface area contributed by atoms with Crippen molar-refractivity contribution < 1.29 is 4.79 Å². The van der Waals surface area contributed by atoms with Gasteiger partial charge in [-0.25, -0.2) is 0 Å². The number of alkyl halides is 1. The van der Waals surface area contributed by atoms with Gasteiger partial charge >= 0.3 is 0 Å². The number of rotatable bonds is 4. The molecule has 0 radical (unpaired) electrons. The van der Waals surface area contributed by atoms with Gasteiger partial charge in [-0.3, -0.25) is 4.79 Å². The molecule has 15 heavy (non-hydrogen) atoms. The quantitative estimate of drug-likeness (QED) is 0.585. The Morgan fingerprint density at radius 3 is 2.47 bits per heavy atom. The number of carbonyl (C=O) groups excluding carboxylic acids is 1. The Balaban J connectivity index is 2.30. The van der Waals surface area contributed by atoms with E-state index < -0.39 is 0 Å². The van der Waals surface area contributed by atoms with E-state index in [1.54, 1.807) is 0 Å². The molecule has 1 aliphatic carbocycles. The molecule has 88 valence electrons. The van der Waals surface area contributed by atoms with Crippen LogP contribution in [0.15, 0.2) is 0 Å². The first-order chi connectivity index (χ1) is 7.24. The van der Waals surface area contributed by atoms with E-state index in [0.29, 0.717) is 24.3 Å². The van der Waals surface area contributed by atoms with Crippen LogP contribution in [0.2, 0.25) is 0 Å². The number of carbonyl (C=O) groups is 1. The fourth-order valence-electron chi connectivity index (χ4n) is 2.34. The summed E-state index contributed by atoms with van der Waals surface area (Å²) in [4.78, 5) is 11.4. The first-order valence-corrected chi connectivity index (χ1v) is 6.63. The fourth-order valence-corrected chi connectivity index (χ4v) is 2.51. The highest BCUT2D eigenvalue weighted by atomic mass is 35.5. The molecule has 0 bridgehead atoms. The van der Waals surface area contributed by atoms with Crippen LogP contribution in [0.1, 0.15) is 51.9 Å². The molecule has 2 nitrogen and oxygen atoms in total. The normalized spacial score (nSPS) is 20.7. The minimum Gasteiger partial charge on any atom is -0.353 e. The zero-order chi connectivity index (χ0) is 11.1. The second-order valence-electron chi connectivity index (χ2n) is 4.55. The van der Waals surface area contributed by atoms with Crippen LogP contribution >= 0.6 is 11.6 Å². The van der Waals surface area contributed by atoms with Crippen LogP contribution in [0.25, 0.3) is 0 Å². The molecule has 3 heteroatoms. The predicted octanol–water partition coefficient (Wildman–Crippen LogP) is 3.09. The lowest BCUT2D eigenvalue weighted by atomic mass is 9.93. The Bertz CT molecular complexity index is 188. The van der Waals surface area contributed by atoms with E-state index >= 15 is 0 Å². The Hall–Kier alpha value is -0.240. The van der Waals surface area contributed by atoms with Crippen LogP contribution in [0.5, 0.6) is 0 Å². The Kier molecular flexibility index (Phi) is 6.07. The summed E-state index contributed by atoms with van der Waals surface area (Å²) in [5.41, 5.74) is 0. The smallest absolute Gasteiger partial charge is 0.221 e. The molecule has 0 saturated heterocycles. The van der Waals surface area contributed by atoms with Gasteiger partial charge in [0.15, 0.2) is 0 Å².